The minimum absolute atomic E-state index is 0.0197. The van der Waals surface area contributed by atoms with Crippen molar-refractivity contribution in [2.24, 2.45) is 0 Å². The number of carbonyl (C=O) groups is 2. The van der Waals surface area contributed by atoms with Crippen LogP contribution in [-0.4, -0.2) is 32.0 Å². The summed E-state index contributed by atoms with van der Waals surface area (Å²) in [5.41, 5.74) is -0.831. The van der Waals surface area contributed by atoms with Crippen LogP contribution in [0, 0.1) is 0 Å². The summed E-state index contributed by atoms with van der Waals surface area (Å²) in [6.07, 6.45) is 0. The van der Waals surface area contributed by atoms with E-state index >= 15 is 0 Å². The summed E-state index contributed by atoms with van der Waals surface area (Å²) in [7, 11) is 2.50. The van der Waals surface area contributed by atoms with Crippen LogP contribution in [0.3, 0.4) is 0 Å². The molecule has 0 saturated carbocycles. The number of hydrogen-bond donors (Lipinski definition) is 0. The van der Waals surface area contributed by atoms with Gasteiger partial charge < -0.3 is 14.2 Å². The van der Waals surface area contributed by atoms with Crippen molar-refractivity contribution in [1.29, 1.82) is 0 Å². The van der Waals surface area contributed by atoms with Gasteiger partial charge in [0.15, 0.2) is 5.60 Å². The smallest absolute Gasteiger partial charge is 0.375 e. The molecule has 0 bridgehead atoms. The zero-order valence-electron chi connectivity index (χ0n) is 11.0. The fraction of sp³-hybridized carbons (Fsp3) is 0.286. The summed E-state index contributed by atoms with van der Waals surface area (Å²) in [4.78, 5) is 23.9. The molecule has 106 valence electrons. The monoisotopic (exact) mass is 296 g/mol. The zero-order valence-corrected chi connectivity index (χ0v) is 11.8. The maximum absolute atomic E-state index is 12.0. The first kappa shape index (κ1) is 14.4. The lowest BCUT2D eigenvalue weighted by Crippen LogP contribution is -2.35. The Morgan fingerprint density at radius 1 is 1.30 bits per heavy atom. The molecule has 0 fully saturated rings. The van der Waals surface area contributed by atoms with Crippen LogP contribution in [0.5, 0.6) is 0 Å². The molecule has 1 aliphatic heterocycles. The molecule has 1 aliphatic rings. The number of cyclic esters (lactones) is 1. The Morgan fingerprint density at radius 2 is 1.95 bits per heavy atom. The Hall–Kier alpha value is -2.01. The maximum atomic E-state index is 12.0. The molecule has 1 aromatic rings. The van der Waals surface area contributed by atoms with E-state index in [9.17, 15) is 9.59 Å². The van der Waals surface area contributed by atoms with Crippen LogP contribution in [0.15, 0.2) is 41.7 Å². The van der Waals surface area contributed by atoms with Crippen LogP contribution < -0.4 is 0 Å². The van der Waals surface area contributed by atoms with Gasteiger partial charge in [-0.2, -0.15) is 0 Å². The van der Waals surface area contributed by atoms with Crippen molar-refractivity contribution >= 4 is 23.5 Å². The van der Waals surface area contributed by atoms with Crippen LogP contribution in [0.25, 0.3) is 0 Å². The maximum Gasteiger partial charge on any atom is 0.375 e. The van der Waals surface area contributed by atoms with Gasteiger partial charge in [0, 0.05) is 5.56 Å². The van der Waals surface area contributed by atoms with E-state index in [1.54, 1.807) is 30.3 Å². The van der Waals surface area contributed by atoms with Gasteiger partial charge in [-0.25, -0.2) is 9.59 Å². The topological polar surface area (TPSA) is 61.8 Å². The molecule has 0 amide bonds. The molecule has 0 spiro atoms. The molecule has 5 nitrogen and oxygen atoms in total. The second kappa shape index (κ2) is 5.54. The average molecular weight is 297 g/mol. The Kier molecular flexibility index (Phi) is 3.99. The third-order valence-electron chi connectivity index (χ3n) is 3.11. The Balaban J connectivity index is 2.67. The highest BCUT2D eigenvalue weighted by Gasteiger charge is 2.53. The first-order chi connectivity index (χ1) is 9.60. The third-order valence-corrected chi connectivity index (χ3v) is 3.48. The largest absolute Gasteiger partial charge is 0.489 e. The number of carbonyl (C=O) groups excluding carboxylic acids is 2. The van der Waals surface area contributed by atoms with Gasteiger partial charge in [0.2, 0.25) is 5.76 Å². The van der Waals surface area contributed by atoms with Gasteiger partial charge >= 0.3 is 11.9 Å². The van der Waals surface area contributed by atoms with Gasteiger partial charge in [-0.15, -0.1) is 11.6 Å². The number of hydrogen-bond acceptors (Lipinski definition) is 5. The molecule has 0 aromatic heterocycles. The van der Waals surface area contributed by atoms with E-state index in [0.29, 0.717) is 5.56 Å². The predicted molar refractivity (Wildman–Crippen MR) is 71.0 cm³/mol. The highest BCUT2D eigenvalue weighted by atomic mass is 35.5. The molecule has 2 rings (SSSR count). The van der Waals surface area contributed by atoms with E-state index in [1.165, 1.54) is 14.2 Å². The number of methoxy groups -OCH3 is 2. The number of rotatable bonds is 4. The van der Waals surface area contributed by atoms with Gasteiger partial charge in [0.25, 0.3) is 0 Å². The molecule has 1 aromatic carbocycles. The quantitative estimate of drug-likeness (QED) is 0.626. The molecule has 1 heterocycles. The van der Waals surface area contributed by atoms with Crippen molar-refractivity contribution in [3.8, 4) is 0 Å². The highest BCUT2D eigenvalue weighted by molar-refractivity contribution is 6.20. The van der Waals surface area contributed by atoms with Gasteiger partial charge in [0.1, 0.15) is 5.57 Å². The molecular weight excluding hydrogens is 284 g/mol. The minimum Gasteiger partial charge on any atom is -0.489 e. The summed E-state index contributed by atoms with van der Waals surface area (Å²) in [5, 5.41) is 0. The van der Waals surface area contributed by atoms with Crippen LogP contribution in [-0.2, 0) is 29.4 Å². The fourth-order valence-corrected chi connectivity index (χ4v) is 2.51. The van der Waals surface area contributed by atoms with Gasteiger partial charge in [0.05, 0.1) is 20.1 Å². The van der Waals surface area contributed by atoms with E-state index in [-0.39, 0.29) is 17.2 Å². The summed E-state index contributed by atoms with van der Waals surface area (Å²) in [6.45, 7) is 0. The van der Waals surface area contributed by atoms with Crippen LogP contribution >= 0.6 is 11.6 Å². The number of benzene rings is 1. The van der Waals surface area contributed by atoms with Gasteiger partial charge in [-0.05, 0) is 0 Å². The SMILES string of the molecule is COC(=O)C1=C(OC)C(=O)OC1(CCl)c1ccccc1. The summed E-state index contributed by atoms with van der Waals surface area (Å²) in [5.74, 6) is -1.75. The molecule has 0 saturated heterocycles. The molecule has 0 aliphatic carbocycles. The van der Waals surface area contributed by atoms with Crippen molar-refractivity contribution in [2.45, 2.75) is 5.60 Å². The molecule has 0 N–H and O–H groups in total. The van der Waals surface area contributed by atoms with Crippen molar-refractivity contribution in [3.05, 3.63) is 47.2 Å². The lowest BCUT2D eigenvalue weighted by molar-refractivity contribution is -0.149. The Morgan fingerprint density at radius 3 is 2.45 bits per heavy atom. The first-order valence-electron chi connectivity index (χ1n) is 5.82. The van der Waals surface area contributed by atoms with E-state index in [0.717, 1.165) is 0 Å². The van der Waals surface area contributed by atoms with Crippen LogP contribution in [0.2, 0.25) is 0 Å². The first-order valence-corrected chi connectivity index (χ1v) is 6.36. The number of esters is 2. The van der Waals surface area contributed by atoms with E-state index in [1.807, 2.05) is 0 Å². The number of halogens is 1. The number of alkyl halides is 1. The zero-order chi connectivity index (χ0) is 14.8. The lowest BCUT2D eigenvalue weighted by atomic mass is 9.88. The summed E-state index contributed by atoms with van der Waals surface area (Å²) in [6, 6.07) is 8.77. The van der Waals surface area contributed by atoms with E-state index < -0.39 is 17.5 Å². The summed E-state index contributed by atoms with van der Waals surface area (Å²) < 4.78 is 15.1. The molecular formula is C14H13ClO5. The lowest BCUT2D eigenvalue weighted by Gasteiger charge is -2.27. The predicted octanol–water partition coefficient (Wildman–Crippen LogP) is 1.75. The van der Waals surface area contributed by atoms with Crippen molar-refractivity contribution in [3.63, 3.8) is 0 Å². The normalized spacial score (nSPS) is 21.6. The average Bonchev–Trinajstić information content (AvgIpc) is 2.80. The minimum atomic E-state index is -1.39. The van der Waals surface area contributed by atoms with Crippen LogP contribution in [0.4, 0.5) is 0 Å². The van der Waals surface area contributed by atoms with Crippen molar-refractivity contribution in [2.75, 3.05) is 20.1 Å². The standard InChI is InChI=1S/C14H13ClO5/c1-18-11-10(12(16)19-2)14(8-15,20-13(11)17)9-6-4-3-5-7-9/h3-7H,8H2,1-2H3. The second-order valence-corrected chi connectivity index (χ2v) is 4.38. The van der Waals surface area contributed by atoms with Gasteiger partial charge in [-0.1, -0.05) is 30.3 Å². The summed E-state index contributed by atoms with van der Waals surface area (Å²) >= 11 is 6.01. The Bertz CT molecular complexity index is 566. The van der Waals surface area contributed by atoms with Gasteiger partial charge in [-0.3, -0.25) is 0 Å². The molecule has 0 radical (unpaired) electrons. The molecule has 1 atom stereocenters. The van der Waals surface area contributed by atoms with Crippen molar-refractivity contribution in [1.82, 2.24) is 0 Å². The van der Waals surface area contributed by atoms with Crippen molar-refractivity contribution < 1.29 is 23.8 Å². The molecule has 1 unspecified atom stereocenters. The second-order valence-electron chi connectivity index (χ2n) is 4.12. The fourth-order valence-electron chi connectivity index (χ4n) is 2.17. The third kappa shape index (κ3) is 2.04. The number of ether oxygens (including phenoxy) is 3. The molecule has 20 heavy (non-hydrogen) atoms. The van der Waals surface area contributed by atoms with E-state index in [2.05, 4.69) is 0 Å². The van der Waals surface area contributed by atoms with Crippen LogP contribution in [0.1, 0.15) is 5.56 Å². The highest BCUT2D eigenvalue weighted by Crippen LogP contribution is 2.43. The Labute approximate surface area is 121 Å². The van der Waals surface area contributed by atoms with E-state index in [4.69, 9.17) is 25.8 Å². The molecule has 6 heteroatoms.